The zero-order valence-corrected chi connectivity index (χ0v) is 15.1. The predicted octanol–water partition coefficient (Wildman–Crippen LogP) is 3.40. The number of nitro groups is 2. The average molecular weight is 407 g/mol. The number of carbonyl (C=O) groups is 2. The lowest BCUT2D eigenvalue weighted by molar-refractivity contribution is -0.394. The lowest BCUT2D eigenvalue weighted by atomic mass is 10.1. The third-order valence-corrected chi connectivity index (χ3v) is 3.92. The molecule has 11 nitrogen and oxygen atoms in total. The maximum atomic E-state index is 12.5. The lowest BCUT2D eigenvalue weighted by Crippen LogP contribution is -2.16. The third kappa shape index (κ3) is 4.59. The Kier molecular flexibility index (Phi) is 5.73. The second-order valence-corrected chi connectivity index (χ2v) is 5.92. The molecule has 30 heavy (non-hydrogen) atoms. The number of hydrogen-bond acceptors (Lipinski definition) is 7. The fraction of sp³-hybridized carbons (Fsp3) is 0. The minimum atomic E-state index is -0.876. The molecule has 0 atom stereocenters. The van der Waals surface area contributed by atoms with E-state index in [-0.39, 0.29) is 16.8 Å². The van der Waals surface area contributed by atoms with Crippen LogP contribution in [0, 0.1) is 20.2 Å². The number of rotatable bonds is 6. The highest BCUT2D eigenvalue weighted by molar-refractivity contribution is 6.08. The highest BCUT2D eigenvalue weighted by atomic mass is 16.6. The summed E-state index contributed by atoms with van der Waals surface area (Å²) in [6, 6.07) is 13.6. The van der Waals surface area contributed by atoms with Gasteiger partial charge in [0.25, 0.3) is 23.2 Å². The van der Waals surface area contributed by atoms with Crippen LogP contribution >= 0.6 is 0 Å². The fourth-order valence-electron chi connectivity index (χ4n) is 2.54. The molecule has 2 amide bonds. The van der Waals surface area contributed by atoms with Gasteiger partial charge in [-0.15, -0.1) is 0 Å². The van der Waals surface area contributed by atoms with Gasteiger partial charge in [-0.2, -0.15) is 0 Å². The first-order chi connectivity index (χ1) is 14.3. The Balaban J connectivity index is 1.81. The highest BCUT2D eigenvalue weighted by Gasteiger charge is 2.24. The number of aromatic nitrogens is 1. The molecule has 2 N–H and O–H groups in total. The minimum Gasteiger partial charge on any atom is -0.322 e. The third-order valence-electron chi connectivity index (χ3n) is 3.92. The summed E-state index contributed by atoms with van der Waals surface area (Å²) in [5, 5.41) is 27.1. The molecule has 0 saturated heterocycles. The van der Waals surface area contributed by atoms with Crippen LogP contribution in [0.25, 0.3) is 0 Å². The predicted molar refractivity (Wildman–Crippen MR) is 106 cm³/mol. The molecule has 0 bridgehead atoms. The SMILES string of the molecule is O=C(Nc1ccccn1)c1cccc(NC(=O)c2ccc([N+](=O)[O-])cc2[N+](=O)[O-])c1. The average Bonchev–Trinajstić information content (AvgIpc) is 2.74. The summed E-state index contributed by atoms with van der Waals surface area (Å²) in [5.41, 5.74) is -1.14. The van der Waals surface area contributed by atoms with Gasteiger partial charge in [0, 0.05) is 23.5 Å². The van der Waals surface area contributed by atoms with Crippen molar-refractivity contribution in [3.63, 3.8) is 0 Å². The van der Waals surface area contributed by atoms with Gasteiger partial charge in [0.1, 0.15) is 11.4 Å². The molecule has 0 radical (unpaired) electrons. The molecular weight excluding hydrogens is 394 g/mol. The van der Waals surface area contributed by atoms with Gasteiger partial charge in [0.2, 0.25) is 0 Å². The number of hydrogen-bond donors (Lipinski definition) is 2. The van der Waals surface area contributed by atoms with Crippen LogP contribution in [0.4, 0.5) is 22.9 Å². The van der Waals surface area contributed by atoms with E-state index in [9.17, 15) is 29.8 Å². The van der Waals surface area contributed by atoms with Crippen molar-refractivity contribution in [1.82, 2.24) is 4.98 Å². The van der Waals surface area contributed by atoms with Crippen molar-refractivity contribution in [3.05, 3.63) is 98.2 Å². The first kappa shape index (κ1) is 20.1. The molecule has 11 heteroatoms. The van der Waals surface area contributed by atoms with Gasteiger partial charge in [-0.1, -0.05) is 12.1 Å². The van der Waals surface area contributed by atoms with Crippen LogP contribution in [-0.4, -0.2) is 26.6 Å². The molecule has 0 saturated carbocycles. The Morgan fingerprint density at radius 1 is 0.833 bits per heavy atom. The maximum absolute atomic E-state index is 12.5. The Hall–Kier alpha value is -4.67. The van der Waals surface area contributed by atoms with Gasteiger partial charge >= 0.3 is 0 Å². The lowest BCUT2D eigenvalue weighted by Gasteiger charge is -2.08. The number of nitro benzene ring substituents is 2. The number of amides is 2. The molecule has 2 aromatic carbocycles. The molecular formula is C19H13N5O6. The summed E-state index contributed by atoms with van der Waals surface area (Å²) >= 11 is 0. The Morgan fingerprint density at radius 2 is 1.63 bits per heavy atom. The first-order valence-corrected chi connectivity index (χ1v) is 8.42. The summed E-state index contributed by atoms with van der Waals surface area (Å²) in [7, 11) is 0. The van der Waals surface area contributed by atoms with Crippen LogP contribution in [0.5, 0.6) is 0 Å². The Bertz CT molecular complexity index is 1150. The van der Waals surface area contributed by atoms with E-state index < -0.39 is 33.0 Å². The number of anilines is 2. The topological polar surface area (TPSA) is 157 Å². The quantitative estimate of drug-likeness (QED) is 0.468. The Labute approximate surface area is 168 Å². The molecule has 0 fully saturated rings. The molecule has 3 aromatic rings. The van der Waals surface area contributed by atoms with Crippen LogP contribution in [0.2, 0.25) is 0 Å². The molecule has 0 aliphatic heterocycles. The zero-order valence-electron chi connectivity index (χ0n) is 15.1. The van der Waals surface area contributed by atoms with Gasteiger partial charge < -0.3 is 10.6 Å². The number of carbonyl (C=O) groups excluding carboxylic acids is 2. The summed E-state index contributed by atoms with van der Waals surface area (Å²) in [4.78, 5) is 49.2. The second kappa shape index (κ2) is 8.56. The van der Waals surface area contributed by atoms with Crippen LogP contribution in [0.1, 0.15) is 20.7 Å². The monoisotopic (exact) mass is 407 g/mol. The van der Waals surface area contributed by atoms with Gasteiger partial charge in [0.05, 0.1) is 15.9 Å². The summed E-state index contributed by atoms with van der Waals surface area (Å²) in [5.74, 6) is -0.969. The van der Waals surface area contributed by atoms with E-state index in [1.54, 1.807) is 18.2 Å². The van der Waals surface area contributed by atoms with Crippen molar-refractivity contribution < 1.29 is 19.4 Å². The number of nitrogens with one attached hydrogen (secondary N) is 2. The van der Waals surface area contributed by atoms with Crippen LogP contribution < -0.4 is 10.6 Å². The van der Waals surface area contributed by atoms with Crippen molar-refractivity contribution in [3.8, 4) is 0 Å². The molecule has 0 unspecified atom stereocenters. The number of pyridine rings is 1. The van der Waals surface area contributed by atoms with Gasteiger partial charge in [0.15, 0.2) is 0 Å². The van der Waals surface area contributed by atoms with Crippen LogP contribution in [0.3, 0.4) is 0 Å². The molecule has 3 rings (SSSR count). The van der Waals surface area contributed by atoms with Gasteiger partial charge in [-0.3, -0.25) is 29.8 Å². The van der Waals surface area contributed by atoms with Crippen LogP contribution in [0.15, 0.2) is 66.9 Å². The highest BCUT2D eigenvalue weighted by Crippen LogP contribution is 2.25. The molecule has 0 spiro atoms. The molecule has 0 aliphatic carbocycles. The Morgan fingerprint density at radius 3 is 2.30 bits per heavy atom. The van der Waals surface area contributed by atoms with E-state index in [2.05, 4.69) is 15.6 Å². The van der Waals surface area contributed by atoms with Crippen molar-refractivity contribution in [1.29, 1.82) is 0 Å². The van der Waals surface area contributed by atoms with E-state index in [0.717, 1.165) is 12.1 Å². The van der Waals surface area contributed by atoms with Crippen LogP contribution in [-0.2, 0) is 0 Å². The second-order valence-electron chi connectivity index (χ2n) is 5.92. The van der Waals surface area contributed by atoms with Gasteiger partial charge in [-0.05, 0) is 36.4 Å². The van der Waals surface area contributed by atoms with E-state index >= 15 is 0 Å². The fourth-order valence-corrected chi connectivity index (χ4v) is 2.54. The summed E-state index contributed by atoms with van der Waals surface area (Å²) in [6.07, 6.45) is 1.52. The van der Waals surface area contributed by atoms with Crippen molar-refractivity contribution in [2.75, 3.05) is 10.6 Å². The molecule has 1 heterocycles. The normalized spacial score (nSPS) is 10.1. The first-order valence-electron chi connectivity index (χ1n) is 8.42. The van der Waals surface area contributed by atoms with E-state index in [4.69, 9.17) is 0 Å². The van der Waals surface area contributed by atoms with Gasteiger partial charge in [-0.25, -0.2) is 4.98 Å². The number of nitrogens with zero attached hydrogens (tertiary/aromatic N) is 3. The number of non-ortho nitro benzene ring substituents is 1. The minimum absolute atomic E-state index is 0.210. The molecule has 150 valence electrons. The standard InChI is InChI=1S/C19H13N5O6/c25-18(22-17-6-1-2-9-20-17)12-4-3-5-13(10-12)21-19(26)15-8-7-14(23(27)28)11-16(15)24(29)30/h1-11H,(H,21,26)(H,20,22,25). The summed E-state index contributed by atoms with van der Waals surface area (Å²) < 4.78 is 0. The zero-order chi connectivity index (χ0) is 21.7. The molecule has 1 aromatic heterocycles. The van der Waals surface area contributed by atoms with E-state index in [0.29, 0.717) is 11.9 Å². The molecule has 0 aliphatic rings. The smallest absolute Gasteiger partial charge is 0.289 e. The van der Waals surface area contributed by atoms with Crippen molar-refractivity contribution in [2.45, 2.75) is 0 Å². The summed E-state index contributed by atoms with van der Waals surface area (Å²) in [6.45, 7) is 0. The maximum Gasteiger partial charge on any atom is 0.289 e. The van der Waals surface area contributed by atoms with E-state index in [1.165, 1.54) is 30.5 Å². The number of benzene rings is 2. The largest absolute Gasteiger partial charge is 0.322 e. The van der Waals surface area contributed by atoms with Crippen molar-refractivity contribution >= 4 is 34.7 Å². The van der Waals surface area contributed by atoms with Crippen molar-refractivity contribution in [2.24, 2.45) is 0 Å². The van der Waals surface area contributed by atoms with E-state index in [1.807, 2.05) is 0 Å².